The molecule has 0 aromatic heterocycles. The molecule has 4 N–H and O–H groups in total. The van der Waals surface area contributed by atoms with Gasteiger partial charge in [-0.2, -0.15) is 0 Å². The van der Waals surface area contributed by atoms with E-state index in [-0.39, 0.29) is 39.3 Å². The summed E-state index contributed by atoms with van der Waals surface area (Å²) in [5.74, 6) is 2.68. The predicted octanol–water partition coefficient (Wildman–Crippen LogP) is 19.7. The van der Waals surface area contributed by atoms with Crippen LogP contribution in [0.5, 0.6) is 0 Å². The van der Waals surface area contributed by atoms with Crippen molar-refractivity contribution in [1.82, 2.24) is 0 Å². The van der Waals surface area contributed by atoms with Gasteiger partial charge in [0, 0.05) is 17.9 Å². The fraction of sp³-hybridized carbons (Fsp3) is 0.756. The number of rotatable bonds is 9. The molecule has 3 aromatic carbocycles. The Morgan fingerprint density at radius 2 is 0.795 bits per heavy atom. The molecule has 83 heavy (non-hydrogen) atoms. The van der Waals surface area contributed by atoms with Gasteiger partial charge in [0.25, 0.3) is 0 Å². The van der Waals surface area contributed by atoms with E-state index in [1.54, 1.807) is 0 Å². The van der Waals surface area contributed by atoms with Crippen molar-refractivity contribution in [3.63, 3.8) is 0 Å². The average Bonchev–Trinajstić information content (AvgIpc) is 3.20. The highest BCUT2D eigenvalue weighted by Crippen LogP contribution is 2.66. The second-order valence-electron chi connectivity index (χ2n) is 33.5. The SMILES string of the molecule is Cc1cc(C(=O)C[C@@H]2[C@@]3(C)CCCC(C)(C)C3CC[C@@]2(C)O)c(C)c(C)c1C.Cc1cc(C(O)C[C@@H]2[C@@]3(C)CCCC(C)(C)C3CC[C@@]2(C)O)c(C)c(C)c1C.Cc1cc(CC[C@@H]2[C@@]3(C)CCCC(C)(C)C3CC[C@@]2(C)O)c(C)c(C)c1C. The summed E-state index contributed by atoms with van der Waals surface area (Å²) in [7, 11) is 0. The molecule has 0 saturated heterocycles. The molecule has 466 valence electrons. The van der Waals surface area contributed by atoms with Gasteiger partial charge in [-0.3, -0.25) is 4.79 Å². The van der Waals surface area contributed by atoms with E-state index in [2.05, 4.69) is 171 Å². The lowest BCUT2D eigenvalue weighted by molar-refractivity contribution is -0.176. The zero-order chi connectivity index (χ0) is 62.3. The molecule has 0 spiro atoms. The maximum atomic E-state index is 13.5. The standard InChI is InChI=1S/C26H42O2.C26H40O2.C26H42O/c2*1-16-14-20(19(4)18(3)17(16)2)21(27)15-23-25(7)12-9-11-24(5,6)22(25)10-13-26(23,8)28;1-17-16-21(20(4)19(3)18(17)2)10-11-23-25(7)14-9-13-24(5,6)22(25)12-15-26(23,8)27/h14,21-23,27-28H,9-13,15H2,1-8H3;14,22-23,28H,9-13,15H2,1-8H3;16,22-23,27H,9-15H2,1-8H3/t21?,22?,23-,25+,26-;2*22?,23-,25+,26-/m111/s1. The minimum absolute atomic E-state index is 0.0205. The zero-order valence-corrected chi connectivity index (χ0v) is 57.9. The van der Waals surface area contributed by atoms with E-state index in [9.17, 15) is 25.2 Å². The van der Waals surface area contributed by atoms with Crippen LogP contribution in [0.2, 0.25) is 0 Å². The van der Waals surface area contributed by atoms with Crippen molar-refractivity contribution in [3.8, 4) is 0 Å². The Balaban J connectivity index is 0.000000179. The Morgan fingerprint density at radius 3 is 1.25 bits per heavy atom. The van der Waals surface area contributed by atoms with Crippen LogP contribution >= 0.6 is 0 Å². The summed E-state index contributed by atoms with van der Waals surface area (Å²) in [6, 6.07) is 6.65. The molecule has 0 aliphatic heterocycles. The zero-order valence-electron chi connectivity index (χ0n) is 57.9. The third-order valence-corrected chi connectivity index (χ3v) is 27.1. The van der Waals surface area contributed by atoms with Crippen LogP contribution in [-0.2, 0) is 6.42 Å². The molecule has 0 radical (unpaired) electrons. The number of Topliss-reactive ketones (excluding diaryl/α,β-unsaturated/α-hetero) is 1. The van der Waals surface area contributed by atoms with Crippen LogP contribution in [-0.4, -0.2) is 43.0 Å². The summed E-state index contributed by atoms with van der Waals surface area (Å²) in [5, 5.41) is 45.5. The van der Waals surface area contributed by atoms with Crippen molar-refractivity contribution in [2.45, 2.75) is 311 Å². The Morgan fingerprint density at radius 1 is 0.434 bits per heavy atom. The van der Waals surface area contributed by atoms with Gasteiger partial charge in [0.15, 0.2) is 5.78 Å². The van der Waals surface area contributed by atoms with Crippen LogP contribution in [0, 0.1) is 151 Å². The third kappa shape index (κ3) is 12.8. The Bertz CT molecular complexity index is 2850. The van der Waals surface area contributed by atoms with Crippen LogP contribution in [0.1, 0.15) is 293 Å². The van der Waals surface area contributed by atoms with Gasteiger partial charge in [-0.25, -0.2) is 0 Å². The lowest BCUT2D eigenvalue weighted by atomic mass is 9.45. The molecule has 0 bridgehead atoms. The summed E-state index contributed by atoms with van der Waals surface area (Å²) in [6.07, 6.45) is 20.0. The number of hydrogen-bond acceptors (Lipinski definition) is 5. The normalized spacial score (nSPS) is 35.5. The highest BCUT2D eigenvalue weighted by atomic mass is 16.3. The molecule has 3 aromatic rings. The monoisotopic (exact) mass is 1140 g/mol. The summed E-state index contributed by atoms with van der Waals surface area (Å²) < 4.78 is 0. The summed E-state index contributed by atoms with van der Waals surface area (Å²) in [5.41, 5.74) is 18.4. The first-order chi connectivity index (χ1) is 38.0. The van der Waals surface area contributed by atoms with Crippen molar-refractivity contribution in [3.05, 3.63) is 102 Å². The number of hydrogen-bond donors (Lipinski definition) is 4. The highest BCUT2D eigenvalue weighted by Gasteiger charge is 2.61. The first kappa shape index (κ1) is 67.7. The van der Waals surface area contributed by atoms with Crippen molar-refractivity contribution in [2.24, 2.45) is 68.0 Å². The summed E-state index contributed by atoms with van der Waals surface area (Å²) in [4.78, 5) is 13.5. The van der Waals surface area contributed by atoms with Gasteiger partial charge in [0.2, 0.25) is 0 Å². The van der Waals surface area contributed by atoms with Crippen molar-refractivity contribution >= 4 is 5.78 Å². The topological polar surface area (TPSA) is 98.0 Å². The average molecular weight is 1140 g/mol. The van der Waals surface area contributed by atoms with Gasteiger partial charge in [0.05, 0.1) is 22.9 Å². The number of aliphatic hydroxyl groups excluding tert-OH is 1. The van der Waals surface area contributed by atoms with Crippen LogP contribution in [0.25, 0.3) is 0 Å². The highest BCUT2D eigenvalue weighted by molar-refractivity contribution is 5.98. The van der Waals surface area contributed by atoms with E-state index in [0.29, 0.717) is 41.4 Å². The van der Waals surface area contributed by atoms with Crippen molar-refractivity contribution in [1.29, 1.82) is 0 Å². The molecule has 0 heterocycles. The number of carbonyl (C=O) groups excluding carboxylic acids is 1. The summed E-state index contributed by atoms with van der Waals surface area (Å²) in [6.45, 7) is 54.0. The van der Waals surface area contributed by atoms with E-state index in [1.165, 1.54) is 125 Å². The minimum Gasteiger partial charge on any atom is -0.390 e. The van der Waals surface area contributed by atoms with Crippen LogP contribution in [0.15, 0.2) is 18.2 Å². The first-order valence-corrected chi connectivity index (χ1v) is 33.6. The maximum absolute atomic E-state index is 13.5. The van der Waals surface area contributed by atoms with E-state index in [0.717, 1.165) is 74.0 Å². The Kier molecular flexibility index (Phi) is 19.5. The molecule has 6 aliphatic rings. The van der Waals surface area contributed by atoms with E-state index in [4.69, 9.17) is 0 Å². The number of fused-ring (bicyclic) bond motifs is 3. The van der Waals surface area contributed by atoms with Crippen molar-refractivity contribution < 1.29 is 25.2 Å². The quantitative estimate of drug-likeness (QED) is 0.160. The second-order valence-corrected chi connectivity index (χ2v) is 33.5. The smallest absolute Gasteiger partial charge is 0.163 e. The molecule has 13 atom stereocenters. The van der Waals surface area contributed by atoms with Crippen LogP contribution in [0.4, 0.5) is 0 Å². The molecule has 6 saturated carbocycles. The van der Waals surface area contributed by atoms with Crippen LogP contribution < -0.4 is 0 Å². The molecular weight excluding hydrogens is 1020 g/mol. The first-order valence-electron chi connectivity index (χ1n) is 33.6. The number of aryl methyl sites for hydroxylation is 4. The third-order valence-electron chi connectivity index (χ3n) is 27.1. The van der Waals surface area contributed by atoms with Crippen LogP contribution in [0.3, 0.4) is 0 Å². The molecule has 6 aliphatic carbocycles. The van der Waals surface area contributed by atoms with Gasteiger partial charge < -0.3 is 20.4 Å². The number of ketones is 1. The lowest BCUT2D eigenvalue weighted by Crippen LogP contribution is -2.58. The maximum Gasteiger partial charge on any atom is 0.163 e. The molecule has 5 heteroatoms. The molecule has 6 fully saturated rings. The van der Waals surface area contributed by atoms with E-state index >= 15 is 0 Å². The van der Waals surface area contributed by atoms with Gasteiger partial charge >= 0.3 is 0 Å². The molecule has 0 amide bonds. The second kappa shape index (κ2) is 23.9. The number of carbonyl (C=O) groups is 1. The minimum atomic E-state index is -0.767. The van der Waals surface area contributed by atoms with E-state index in [1.807, 2.05) is 13.8 Å². The molecule has 4 unspecified atom stereocenters. The molecular formula is C78H124O5. The van der Waals surface area contributed by atoms with Crippen molar-refractivity contribution in [2.75, 3.05) is 0 Å². The number of aliphatic hydroxyl groups is 4. The fourth-order valence-corrected chi connectivity index (χ4v) is 21.1. The molecule has 9 rings (SSSR count). The number of benzene rings is 3. The van der Waals surface area contributed by atoms with Gasteiger partial charge in [-0.05, 0) is 346 Å². The van der Waals surface area contributed by atoms with Gasteiger partial charge in [-0.1, -0.05) is 93.7 Å². The van der Waals surface area contributed by atoms with E-state index < -0.39 is 22.9 Å². The molecule has 5 nitrogen and oxygen atoms in total. The predicted molar refractivity (Wildman–Crippen MR) is 351 cm³/mol. The largest absolute Gasteiger partial charge is 0.390 e. The van der Waals surface area contributed by atoms with Gasteiger partial charge in [0.1, 0.15) is 0 Å². The summed E-state index contributed by atoms with van der Waals surface area (Å²) >= 11 is 0. The Hall–Kier alpha value is -2.83. The lowest BCUT2D eigenvalue weighted by Gasteiger charge is -2.61. The van der Waals surface area contributed by atoms with Gasteiger partial charge in [-0.15, -0.1) is 0 Å². The Labute approximate surface area is 509 Å². The fourth-order valence-electron chi connectivity index (χ4n) is 21.1.